The van der Waals surface area contributed by atoms with Crippen LogP contribution in [0.3, 0.4) is 0 Å². The molecule has 0 radical (unpaired) electrons. The van der Waals surface area contributed by atoms with E-state index >= 15 is 0 Å². The lowest BCUT2D eigenvalue weighted by Crippen LogP contribution is -2.63. The number of piperidine rings is 3. The van der Waals surface area contributed by atoms with Crippen molar-refractivity contribution in [3.8, 4) is 12.3 Å². The lowest BCUT2D eigenvalue weighted by Gasteiger charge is -2.43. The molecule has 10 fully saturated rings. The normalized spacial score (nSPS) is 24.3. The van der Waals surface area contributed by atoms with Gasteiger partial charge in [0, 0.05) is 51.7 Å². The molecule has 17 N–H and O–H groups in total. The van der Waals surface area contributed by atoms with E-state index in [1.807, 2.05) is 121 Å². The summed E-state index contributed by atoms with van der Waals surface area (Å²) in [5.74, 6) is -5.82. The Kier molecular flexibility index (Phi) is 39.9. The van der Waals surface area contributed by atoms with Gasteiger partial charge in [0.1, 0.15) is 56.1 Å². The zero-order chi connectivity index (χ0) is 110. The molecule has 1 aromatic carbocycles. The highest BCUT2D eigenvalue weighted by atomic mass is 16.6. The van der Waals surface area contributed by atoms with Crippen molar-refractivity contribution < 1.29 is 101 Å². The topological polar surface area (TPSA) is 553 Å². The van der Waals surface area contributed by atoms with Gasteiger partial charge in [-0.05, 0) is 194 Å². The monoisotopic (exact) mass is 2070 g/mol. The van der Waals surface area contributed by atoms with Gasteiger partial charge >= 0.3 is 36.4 Å². The number of hydrogen-bond donors (Lipinski definition) is 15. The van der Waals surface area contributed by atoms with Gasteiger partial charge < -0.3 is 109 Å². The summed E-state index contributed by atoms with van der Waals surface area (Å²) in [5.41, 5.74) is 10.3. The van der Waals surface area contributed by atoms with Crippen LogP contribution in [-0.2, 0) is 84.6 Å². The van der Waals surface area contributed by atoms with Crippen LogP contribution in [0.4, 0.5) is 28.8 Å². The Morgan fingerprint density at radius 3 is 1.17 bits per heavy atom. The van der Waals surface area contributed by atoms with E-state index in [-0.39, 0.29) is 138 Å². The Morgan fingerprint density at radius 2 is 0.818 bits per heavy atom. The van der Waals surface area contributed by atoms with E-state index in [0.29, 0.717) is 58.4 Å². The molecule has 1 aromatic rings. The summed E-state index contributed by atoms with van der Waals surface area (Å²) in [4.78, 5) is 243. The molecule has 3 heterocycles. The summed E-state index contributed by atoms with van der Waals surface area (Å²) in [6.07, 6.45) is 21.5. The Balaban J connectivity index is 0.000000227. The fourth-order valence-electron chi connectivity index (χ4n) is 23.5. The van der Waals surface area contributed by atoms with E-state index in [1.165, 1.54) is 6.08 Å². The second kappa shape index (κ2) is 49.9. The highest BCUT2D eigenvalue weighted by molar-refractivity contribution is 6.39. The third-order valence-corrected chi connectivity index (χ3v) is 33.7. The lowest BCUT2D eigenvalue weighted by molar-refractivity contribution is -0.146. The number of fused-ring (bicyclic) bond motifs is 4. The van der Waals surface area contributed by atoms with E-state index in [0.717, 1.165) is 114 Å². The second-order valence-corrected chi connectivity index (χ2v) is 48.7. The van der Waals surface area contributed by atoms with Crippen molar-refractivity contribution in [3.05, 3.63) is 48.0 Å². The number of alkyl carbamates (subject to hydrolysis) is 3. The molecule has 39 nitrogen and oxygen atoms in total. The molecule has 8 aliphatic carbocycles. The molecule has 3 aliphatic heterocycles. The number of ketones is 3. The van der Waals surface area contributed by atoms with Crippen LogP contribution in [0.25, 0.3) is 0 Å². The number of benzene rings is 1. The number of nitrogens with one attached hydrogen (secondary N) is 13. The summed E-state index contributed by atoms with van der Waals surface area (Å²) in [6, 6.07) is -4.26. The first-order valence-corrected chi connectivity index (χ1v) is 53.7. The number of Topliss-reactive ketones (excluding diaryl/α,β-unsaturated/α-hetero) is 3. The lowest BCUT2D eigenvalue weighted by atomic mass is 9.70. The number of terminal acetylenes is 1. The number of carbonyl (C=O) groups is 18. The summed E-state index contributed by atoms with van der Waals surface area (Å²) < 4.78 is 16.1. The molecule has 0 bridgehead atoms. The third-order valence-electron chi connectivity index (χ3n) is 33.7. The highest BCUT2D eigenvalue weighted by Crippen LogP contribution is 2.67. The van der Waals surface area contributed by atoms with Crippen molar-refractivity contribution in [1.29, 1.82) is 0 Å². The first-order valence-electron chi connectivity index (χ1n) is 53.7. The SMILES string of the molecule is C#CCCC(NC(=O)[C@@H]1[C@@H]2[C@H](CN1C(=O)[C@@H](NC(=O)N[C@H](COC(=O)NCC)C(C)(C)C)C1CCCCC1)C2(C)C)C(=O)C(=O)NCC=C.CC(C)NC(=O)OC[C@@H](NC(=O)N[C@H](C(=O)N1C[C@H]2[C@@H]([C@H]1C(=O)NC(CC1CCC1)C(=O)C(N)=O)C2(C)C)C1Cc2ccccc2C1)C(C)(C)C.CCNC(=O)OC[C@@H](NC(=O)N[C@H](C(=O)N1C[C@H]2[C@@H]([C@H]1C(=O)NC(CC1CCC1)C(=O)C(N)=O)C2(C)C)C1(C)CCCCC1)C(C)(C)C. The van der Waals surface area contributed by atoms with Gasteiger partial charge in [-0.25, -0.2) is 28.8 Å². The van der Waals surface area contributed by atoms with E-state index < -0.39 is 183 Å². The molecule has 3 unspecified atom stereocenters. The predicted octanol–water partition coefficient (Wildman–Crippen LogP) is 8.48. The quantitative estimate of drug-likeness (QED) is 0.0126. The van der Waals surface area contributed by atoms with Crippen LogP contribution in [0.15, 0.2) is 36.9 Å². The van der Waals surface area contributed by atoms with Crippen LogP contribution < -0.4 is 80.6 Å². The molecule has 12 rings (SSSR count). The summed E-state index contributed by atoms with van der Waals surface area (Å²) >= 11 is 0. The maximum atomic E-state index is 14.8. The fourth-order valence-corrected chi connectivity index (χ4v) is 23.5. The predicted molar refractivity (Wildman–Crippen MR) is 554 cm³/mol. The number of rotatable bonds is 41. The third kappa shape index (κ3) is 29.6. The van der Waals surface area contributed by atoms with Crippen LogP contribution in [0.2, 0.25) is 0 Å². The minimum atomic E-state index is -1.17. The number of likely N-dealkylation sites (tertiary alicyclic amines) is 3. The summed E-state index contributed by atoms with van der Waals surface area (Å²) in [7, 11) is 0. The van der Waals surface area contributed by atoms with Crippen LogP contribution in [0.5, 0.6) is 0 Å². The van der Waals surface area contributed by atoms with Crippen LogP contribution in [0, 0.1) is 109 Å². The molecule has 11 aliphatic rings. The zero-order valence-corrected chi connectivity index (χ0v) is 90.9. The van der Waals surface area contributed by atoms with E-state index in [9.17, 15) is 86.3 Å². The minimum absolute atomic E-state index is 0.0560. The standard InChI is InChI=1S/C38H56N6O7.C36H56N6O7.C35H58N6O7/c1-20(2)40-36(50)51-19-27(37(3,4)5)42-35(49)43-29(24-16-22-13-8-9-14-23(22)17-24)34(48)44-18-25-28(38(25,6)7)30(44)33(47)41-26(31(45)32(39)46)15-21-11-10-12-21;1-9-12-18-24(29(43)31(45)38-19-10-2)39-30(44)28-26-23(36(26,7)8)20-42(28)32(46)27(22-16-14-13-15-17-22)41-33(47)40-25(35(4,5)6)21-49-34(48)37-11-3;1-8-37-32(47)48-19-23(33(2,3)4)39-31(46)40-27(35(7)15-10-9-11-16-35)30(45)41-18-21-24(34(21,5)6)25(41)29(44)38-22(26(42)28(36)43)17-20-13-12-14-20/h8-9,13-14,20-21,24-30H,10-12,15-19H2,1-7H3,(H2,39,46)(H,40,50)(H,41,47)(H2,42,43,49);1,10,22-28H,2,11-21H2,3-8H3,(H,37,48)(H,38,45)(H,39,44)(H2,40,41,47);20-25,27H,8-19H2,1-7H3,(H2,36,43)(H,37,47)(H,38,44)(H2,39,40,46)/t25-,26?,27+,28-,29-,30-;23-,24?,25+,26-,27-,28-;21-,22?,23+,24-,25-,27+/m000/s1. The number of nitrogens with zero attached hydrogens (tertiary/aromatic N) is 3. The summed E-state index contributed by atoms with van der Waals surface area (Å²) in [5, 5.41) is 36.4. The molecule has 3 saturated heterocycles. The average Bonchev–Trinajstić information content (AvgIpc) is 1.54. The molecular weight excluding hydrogens is 1900 g/mol. The summed E-state index contributed by atoms with van der Waals surface area (Å²) in [6.45, 7) is 44.1. The molecule has 18 atom stereocenters. The van der Waals surface area contributed by atoms with Gasteiger partial charge in [-0.15, -0.1) is 18.9 Å². The molecule has 0 spiro atoms. The molecule has 39 heteroatoms. The number of ether oxygens (including phenoxy) is 3. The second-order valence-electron chi connectivity index (χ2n) is 48.7. The first-order chi connectivity index (χ1) is 69.4. The van der Waals surface area contributed by atoms with Gasteiger partial charge in [-0.2, -0.15) is 0 Å². The maximum absolute atomic E-state index is 14.8. The van der Waals surface area contributed by atoms with Crippen LogP contribution in [-0.4, -0.2) is 259 Å². The van der Waals surface area contributed by atoms with E-state index in [1.54, 1.807) is 28.5 Å². The van der Waals surface area contributed by atoms with E-state index in [2.05, 4.69) is 109 Å². The van der Waals surface area contributed by atoms with Gasteiger partial charge in [0.2, 0.25) is 52.8 Å². The Labute approximate surface area is 873 Å². The molecule has 148 heavy (non-hydrogen) atoms. The van der Waals surface area contributed by atoms with Crippen LogP contribution >= 0.6 is 0 Å². The smallest absolute Gasteiger partial charge is 0.407 e. The number of primary amides is 2. The van der Waals surface area contributed by atoms with Crippen molar-refractivity contribution >= 4 is 107 Å². The molecule has 7 saturated carbocycles. The maximum Gasteiger partial charge on any atom is 0.407 e. The molecular formula is C109H170N18O21. The van der Waals surface area contributed by atoms with Gasteiger partial charge in [-0.3, -0.25) is 57.5 Å². The number of nitrogens with two attached hydrogens (primary N) is 2. The molecule has 18 amide bonds. The molecule has 0 aromatic heterocycles. The van der Waals surface area contributed by atoms with Crippen molar-refractivity contribution in [1.82, 2.24) is 83.8 Å². The Morgan fingerprint density at radius 1 is 0.453 bits per heavy atom. The highest BCUT2D eigenvalue weighted by Gasteiger charge is 2.73. The zero-order valence-electron chi connectivity index (χ0n) is 90.9. The minimum Gasteiger partial charge on any atom is -0.447 e. The largest absolute Gasteiger partial charge is 0.447 e. The number of carbonyl (C=O) groups excluding carboxylic acids is 18. The van der Waals surface area contributed by atoms with Gasteiger partial charge in [0.15, 0.2) is 0 Å². The van der Waals surface area contributed by atoms with Crippen molar-refractivity contribution in [2.75, 3.05) is 59.1 Å². The van der Waals surface area contributed by atoms with Crippen molar-refractivity contribution in [2.24, 2.45) is 109 Å². The van der Waals surface area contributed by atoms with E-state index in [4.69, 9.17) is 32.1 Å². The molecule has 822 valence electrons. The number of amides is 18. The van der Waals surface area contributed by atoms with Gasteiger partial charge in [0.05, 0.1) is 36.3 Å². The average molecular weight is 2070 g/mol. The van der Waals surface area contributed by atoms with Crippen molar-refractivity contribution in [3.63, 3.8) is 0 Å². The fraction of sp³-hybridized carbons (Fsp3) is 0.743. The van der Waals surface area contributed by atoms with Gasteiger partial charge in [-0.1, -0.05) is 218 Å². The van der Waals surface area contributed by atoms with Crippen molar-refractivity contribution in [2.45, 2.75) is 358 Å². The first kappa shape index (κ1) is 118. The number of urea groups is 3. The van der Waals surface area contributed by atoms with Gasteiger partial charge in [0.25, 0.3) is 17.7 Å². The Bertz CT molecular complexity index is 5020. The Hall–Kier alpha value is -11.6. The number of hydrogen-bond acceptors (Lipinski definition) is 21. The van der Waals surface area contributed by atoms with Crippen LogP contribution in [0.1, 0.15) is 278 Å².